The van der Waals surface area contributed by atoms with Gasteiger partial charge in [-0.15, -0.1) is 0 Å². The Bertz CT molecular complexity index is 668. The van der Waals surface area contributed by atoms with E-state index in [9.17, 15) is 4.79 Å². The van der Waals surface area contributed by atoms with Crippen LogP contribution >= 0.6 is 0 Å². The number of carbonyl (C=O) groups is 1. The quantitative estimate of drug-likeness (QED) is 0.809. The third kappa shape index (κ3) is 4.91. The molecule has 0 saturated carbocycles. The number of rotatable bonds is 8. The number of hydrogen-bond acceptors (Lipinski definition) is 4. The predicted molar refractivity (Wildman–Crippen MR) is 93.0 cm³/mol. The summed E-state index contributed by atoms with van der Waals surface area (Å²) in [6.07, 6.45) is 1.05. The van der Waals surface area contributed by atoms with Gasteiger partial charge in [-0.3, -0.25) is 4.79 Å². The van der Waals surface area contributed by atoms with Crippen LogP contribution in [0.1, 0.15) is 11.1 Å². The lowest BCUT2D eigenvalue weighted by Gasteiger charge is -2.11. The summed E-state index contributed by atoms with van der Waals surface area (Å²) >= 11 is 0. The zero-order chi connectivity index (χ0) is 17.4. The number of hydrogen-bond donors (Lipinski definition) is 1. The van der Waals surface area contributed by atoms with E-state index in [0.717, 1.165) is 28.4 Å². The maximum absolute atomic E-state index is 12.0. The number of ether oxygens (including phenoxy) is 3. The van der Waals surface area contributed by atoms with E-state index in [4.69, 9.17) is 14.2 Å². The van der Waals surface area contributed by atoms with Crippen molar-refractivity contribution < 1.29 is 19.0 Å². The van der Waals surface area contributed by atoms with Crippen molar-refractivity contribution in [1.82, 2.24) is 5.32 Å². The van der Waals surface area contributed by atoms with Crippen LogP contribution in [-0.4, -0.2) is 33.8 Å². The van der Waals surface area contributed by atoms with E-state index in [1.54, 1.807) is 21.3 Å². The molecule has 5 heteroatoms. The molecule has 0 spiro atoms. The molecule has 0 fully saturated rings. The van der Waals surface area contributed by atoms with E-state index in [0.29, 0.717) is 19.4 Å². The summed E-state index contributed by atoms with van der Waals surface area (Å²) in [5, 5.41) is 2.93. The van der Waals surface area contributed by atoms with Gasteiger partial charge in [0.1, 0.15) is 17.2 Å². The van der Waals surface area contributed by atoms with E-state index in [-0.39, 0.29) is 5.91 Å². The van der Waals surface area contributed by atoms with Crippen LogP contribution < -0.4 is 19.5 Å². The molecule has 0 atom stereocenters. The van der Waals surface area contributed by atoms with E-state index in [1.807, 2.05) is 42.5 Å². The van der Waals surface area contributed by atoms with Crippen molar-refractivity contribution in [2.24, 2.45) is 0 Å². The molecule has 2 aromatic rings. The van der Waals surface area contributed by atoms with Gasteiger partial charge in [0.05, 0.1) is 27.8 Å². The van der Waals surface area contributed by atoms with E-state index < -0.39 is 0 Å². The summed E-state index contributed by atoms with van der Waals surface area (Å²) in [4.78, 5) is 12.0. The van der Waals surface area contributed by atoms with Gasteiger partial charge in [0.15, 0.2) is 0 Å². The van der Waals surface area contributed by atoms with E-state index in [2.05, 4.69) is 5.32 Å². The van der Waals surface area contributed by atoms with Crippen LogP contribution in [0.4, 0.5) is 0 Å². The summed E-state index contributed by atoms with van der Waals surface area (Å²) in [5.74, 6) is 2.29. The molecular weight excluding hydrogens is 306 g/mol. The fourth-order valence-corrected chi connectivity index (χ4v) is 2.39. The van der Waals surface area contributed by atoms with Crippen molar-refractivity contribution in [3.05, 3.63) is 53.6 Å². The van der Waals surface area contributed by atoms with E-state index >= 15 is 0 Å². The normalized spacial score (nSPS) is 10.1. The Balaban J connectivity index is 1.83. The fraction of sp³-hybridized carbons (Fsp3) is 0.316. The Morgan fingerprint density at radius 2 is 1.58 bits per heavy atom. The highest BCUT2D eigenvalue weighted by Gasteiger charge is 2.07. The number of nitrogens with one attached hydrogen (secondary N) is 1. The monoisotopic (exact) mass is 329 g/mol. The molecule has 0 aromatic heterocycles. The molecule has 0 aliphatic carbocycles. The van der Waals surface area contributed by atoms with Crippen LogP contribution in [0.25, 0.3) is 0 Å². The van der Waals surface area contributed by atoms with Gasteiger partial charge in [-0.2, -0.15) is 0 Å². The third-order valence-corrected chi connectivity index (χ3v) is 3.73. The van der Waals surface area contributed by atoms with Crippen LogP contribution in [0, 0.1) is 0 Å². The molecule has 2 aromatic carbocycles. The predicted octanol–water partition coefficient (Wildman–Crippen LogP) is 2.61. The van der Waals surface area contributed by atoms with Crippen LogP contribution in [0.15, 0.2) is 42.5 Å². The molecule has 0 heterocycles. The summed E-state index contributed by atoms with van der Waals surface area (Å²) < 4.78 is 15.6. The average molecular weight is 329 g/mol. The molecule has 5 nitrogen and oxygen atoms in total. The Labute approximate surface area is 142 Å². The van der Waals surface area contributed by atoms with Gasteiger partial charge in [-0.25, -0.2) is 0 Å². The van der Waals surface area contributed by atoms with E-state index in [1.165, 1.54) is 0 Å². The largest absolute Gasteiger partial charge is 0.497 e. The smallest absolute Gasteiger partial charge is 0.224 e. The minimum atomic E-state index is -0.00681. The second-order valence-electron chi connectivity index (χ2n) is 5.30. The molecular formula is C19H23NO4. The zero-order valence-electron chi connectivity index (χ0n) is 14.3. The molecule has 0 aliphatic rings. The van der Waals surface area contributed by atoms with Crippen molar-refractivity contribution >= 4 is 5.91 Å². The maximum Gasteiger partial charge on any atom is 0.224 e. The topological polar surface area (TPSA) is 56.8 Å². The van der Waals surface area contributed by atoms with Crippen molar-refractivity contribution in [2.45, 2.75) is 12.8 Å². The molecule has 1 N–H and O–H groups in total. The minimum absolute atomic E-state index is 0.00681. The Morgan fingerprint density at radius 1 is 0.917 bits per heavy atom. The summed E-state index contributed by atoms with van der Waals surface area (Å²) in [6, 6.07) is 13.2. The van der Waals surface area contributed by atoms with Gasteiger partial charge in [0.25, 0.3) is 0 Å². The van der Waals surface area contributed by atoms with Crippen molar-refractivity contribution in [1.29, 1.82) is 0 Å². The molecule has 0 saturated heterocycles. The van der Waals surface area contributed by atoms with Crippen molar-refractivity contribution in [3.63, 3.8) is 0 Å². The maximum atomic E-state index is 12.0. The Morgan fingerprint density at radius 3 is 2.21 bits per heavy atom. The number of benzene rings is 2. The average Bonchev–Trinajstić information content (AvgIpc) is 2.62. The first-order chi connectivity index (χ1) is 11.7. The molecule has 24 heavy (non-hydrogen) atoms. The minimum Gasteiger partial charge on any atom is -0.497 e. The first-order valence-corrected chi connectivity index (χ1v) is 7.76. The zero-order valence-corrected chi connectivity index (χ0v) is 14.3. The molecule has 0 unspecified atom stereocenters. The molecule has 2 rings (SSSR count). The number of amides is 1. The van der Waals surface area contributed by atoms with Crippen LogP contribution in [-0.2, 0) is 17.6 Å². The fourth-order valence-electron chi connectivity index (χ4n) is 2.39. The lowest BCUT2D eigenvalue weighted by Crippen LogP contribution is -2.27. The highest BCUT2D eigenvalue weighted by Crippen LogP contribution is 2.24. The SMILES string of the molecule is COc1ccc(CC(=O)NCCc2ccc(OC)cc2OC)cc1. The molecule has 0 bridgehead atoms. The number of methoxy groups -OCH3 is 3. The third-order valence-electron chi connectivity index (χ3n) is 3.73. The summed E-state index contributed by atoms with van der Waals surface area (Å²) in [6.45, 7) is 0.553. The number of carbonyl (C=O) groups excluding carboxylic acids is 1. The lowest BCUT2D eigenvalue weighted by molar-refractivity contribution is -0.120. The lowest BCUT2D eigenvalue weighted by atomic mass is 10.1. The van der Waals surface area contributed by atoms with Gasteiger partial charge in [0.2, 0.25) is 5.91 Å². The standard InChI is InChI=1S/C19H23NO4/c1-22-16-7-4-14(5-8-16)12-19(21)20-11-10-15-6-9-17(23-2)13-18(15)24-3/h4-9,13H,10-12H2,1-3H3,(H,20,21). The van der Waals surface area contributed by atoms with Crippen molar-refractivity contribution in [3.8, 4) is 17.2 Å². The van der Waals surface area contributed by atoms with Crippen molar-refractivity contribution in [2.75, 3.05) is 27.9 Å². The summed E-state index contributed by atoms with van der Waals surface area (Å²) in [5.41, 5.74) is 1.98. The second-order valence-corrected chi connectivity index (χ2v) is 5.30. The highest BCUT2D eigenvalue weighted by molar-refractivity contribution is 5.78. The summed E-state index contributed by atoms with van der Waals surface area (Å²) in [7, 11) is 4.86. The second kappa shape index (κ2) is 8.82. The molecule has 0 aliphatic heterocycles. The van der Waals surface area contributed by atoms with Crippen LogP contribution in [0.5, 0.6) is 17.2 Å². The van der Waals surface area contributed by atoms with Crippen LogP contribution in [0.3, 0.4) is 0 Å². The van der Waals surface area contributed by atoms with Gasteiger partial charge in [-0.1, -0.05) is 18.2 Å². The first-order valence-electron chi connectivity index (χ1n) is 7.76. The highest BCUT2D eigenvalue weighted by atomic mass is 16.5. The molecule has 1 amide bonds. The van der Waals surface area contributed by atoms with Gasteiger partial charge >= 0.3 is 0 Å². The Kier molecular flexibility index (Phi) is 6.49. The van der Waals surface area contributed by atoms with Gasteiger partial charge in [-0.05, 0) is 35.7 Å². The van der Waals surface area contributed by atoms with Gasteiger partial charge < -0.3 is 19.5 Å². The molecule has 128 valence electrons. The first kappa shape index (κ1) is 17.7. The Hall–Kier alpha value is -2.69. The van der Waals surface area contributed by atoms with Crippen LogP contribution in [0.2, 0.25) is 0 Å². The molecule has 0 radical (unpaired) electrons. The van der Waals surface area contributed by atoms with Gasteiger partial charge in [0, 0.05) is 12.6 Å².